The van der Waals surface area contributed by atoms with E-state index in [-0.39, 0.29) is 17.5 Å². The summed E-state index contributed by atoms with van der Waals surface area (Å²) in [4.78, 5) is 33.3. The summed E-state index contributed by atoms with van der Waals surface area (Å²) in [5, 5.41) is 0.871. The Morgan fingerprint density at radius 3 is 2.85 bits per heavy atom. The molecule has 3 heterocycles. The Balaban J connectivity index is 1.56. The van der Waals surface area contributed by atoms with Gasteiger partial charge in [0.1, 0.15) is 4.83 Å². The molecular weight excluding hydrogens is 348 g/mol. The molecule has 7 heteroatoms. The molecule has 1 atom stereocenters. The molecule has 2 aromatic heterocycles. The standard InChI is InChI=1S/C19H26N4O2S/c1-12-2-3-14-15(10-12)26-18-17(14)19(25)23(11-21-18)13-4-7-22(8-5-13)9-6-16(20)24/h11-13H,2-10H2,1H3,(H2,20,24)/t12-/m1/s1. The van der Waals surface area contributed by atoms with Crippen LogP contribution in [-0.4, -0.2) is 40.0 Å². The number of rotatable bonds is 4. The van der Waals surface area contributed by atoms with Crippen LogP contribution in [0.15, 0.2) is 11.1 Å². The van der Waals surface area contributed by atoms with Crippen molar-refractivity contribution in [3.63, 3.8) is 0 Å². The fraction of sp³-hybridized carbons (Fsp3) is 0.632. The minimum atomic E-state index is -0.255. The van der Waals surface area contributed by atoms with Crippen LogP contribution in [-0.2, 0) is 17.6 Å². The molecule has 26 heavy (non-hydrogen) atoms. The third-order valence-corrected chi connectivity index (χ3v) is 7.03. The molecule has 0 unspecified atom stereocenters. The molecule has 140 valence electrons. The van der Waals surface area contributed by atoms with E-state index < -0.39 is 0 Å². The number of hydrogen-bond donors (Lipinski definition) is 1. The first-order chi connectivity index (χ1) is 12.5. The molecule has 4 rings (SSSR count). The first kappa shape index (κ1) is 17.7. The van der Waals surface area contributed by atoms with Crippen molar-refractivity contribution in [1.82, 2.24) is 14.5 Å². The molecule has 0 aromatic carbocycles. The summed E-state index contributed by atoms with van der Waals surface area (Å²) < 4.78 is 1.86. The number of aryl methyl sites for hydroxylation is 1. The van der Waals surface area contributed by atoms with Crippen LogP contribution in [0, 0.1) is 5.92 Å². The normalized spacial score (nSPS) is 21.8. The van der Waals surface area contributed by atoms with Crippen LogP contribution in [0.1, 0.15) is 49.1 Å². The predicted octanol–water partition coefficient (Wildman–Crippen LogP) is 2.10. The Hall–Kier alpha value is -1.73. The van der Waals surface area contributed by atoms with E-state index in [1.54, 1.807) is 17.7 Å². The zero-order valence-corrected chi connectivity index (χ0v) is 16.1. The smallest absolute Gasteiger partial charge is 0.262 e. The van der Waals surface area contributed by atoms with E-state index in [0.29, 0.717) is 18.9 Å². The van der Waals surface area contributed by atoms with Crippen LogP contribution < -0.4 is 11.3 Å². The number of fused-ring (bicyclic) bond motifs is 3. The number of primary amides is 1. The second-order valence-corrected chi connectivity index (χ2v) is 8.86. The highest BCUT2D eigenvalue weighted by Gasteiger charge is 2.26. The van der Waals surface area contributed by atoms with Crippen molar-refractivity contribution in [2.45, 2.75) is 51.5 Å². The van der Waals surface area contributed by atoms with Gasteiger partial charge in [-0.15, -0.1) is 11.3 Å². The number of carbonyl (C=O) groups is 1. The molecule has 2 N–H and O–H groups in total. The van der Waals surface area contributed by atoms with E-state index >= 15 is 0 Å². The highest BCUT2D eigenvalue weighted by molar-refractivity contribution is 7.18. The number of likely N-dealkylation sites (tertiary alicyclic amines) is 1. The summed E-state index contributed by atoms with van der Waals surface area (Å²) in [5.41, 5.74) is 6.63. The number of nitrogens with zero attached hydrogens (tertiary/aromatic N) is 3. The van der Waals surface area contributed by atoms with Crippen molar-refractivity contribution in [2.24, 2.45) is 11.7 Å². The van der Waals surface area contributed by atoms with Gasteiger partial charge in [-0.1, -0.05) is 6.92 Å². The monoisotopic (exact) mass is 374 g/mol. The van der Waals surface area contributed by atoms with Gasteiger partial charge >= 0.3 is 0 Å². The molecule has 6 nitrogen and oxygen atoms in total. The molecule has 2 aromatic rings. The maximum atomic E-state index is 13.2. The van der Waals surface area contributed by atoms with E-state index in [9.17, 15) is 9.59 Å². The van der Waals surface area contributed by atoms with Crippen molar-refractivity contribution >= 4 is 27.5 Å². The number of amides is 1. The lowest BCUT2D eigenvalue weighted by Gasteiger charge is -2.32. The number of piperidine rings is 1. The summed E-state index contributed by atoms with van der Waals surface area (Å²) in [6, 6.07) is 0.197. The molecule has 1 amide bonds. The van der Waals surface area contributed by atoms with Gasteiger partial charge in [0.15, 0.2) is 0 Å². The molecule has 1 aliphatic carbocycles. The molecule has 0 bridgehead atoms. The van der Waals surface area contributed by atoms with Crippen molar-refractivity contribution in [3.8, 4) is 0 Å². The van der Waals surface area contributed by atoms with Gasteiger partial charge in [0.05, 0.1) is 11.7 Å². The fourth-order valence-electron chi connectivity index (χ4n) is 4.29. The van der Waals surface area contributed by atoms with Crippen LogP contribution in [0.2, 0.25) is 0 Å². The number of aromatic nitrogens is 2. The van der Waals surface area contributed by atoms with E-state index in [0.717, 1.165) is 55.4 Å². The van der Waals surface area contributed by atoms with Crippen LogP contribution in [0.4, 0.5) is 0 Å². The fourth-order valence-corrected chi connectivity index (χ4v) is 5.63. The van der Waals surface area contributed by atoms with Gasteiger partial charge in [-0.2, -0.15) is 0 Å². The van der Waals surface area contributed by atoms with Gasteiger partial charge in [0.2, 0.25) is 5.91 Å². The summed E-state index contributed by atoms with van der Waals surface area (Å²) in [5.74, 6) is 0.442. The largest absolute Gasteiger partial charge is 0.370 e. The molecule has 1 aliphatic heterocycles. The van der Waals surface area contributed by atoms with Crippen molar-refractivity contribution in [3.05, 3.63) is 27.1 Å². The van der Waals surface area contributed by atoms with Crippen molar-refractivity contribution in [2.75, 3.05) is 19.6 Å². The molecular formula is C19H26N4O2S. The van der Waals surface area contributed by atoms with E-state index in [4.69, 9.17) is 5.73 Å². The third kappa shape index (κ3) is 3.30. The summed E-state index contributed by atoms with van der Waals surface area (Å²) in [7, 11) is 0. The molecule has 0 saturated carbocycles. The molecule has 1 saturated heterocycles. The zero-order chi connectivity index (χ0) is 18.3. The van der Waals surface area contributed by atoms with Gasteiger partial charge in [-0.3, -0.25) is 14.2 Å². The summed E-state index contributed by atoms with van der Waals surface area (Å²) in [6.07, 6.45) is 7.21. The number of nitrogens with two attached hydrogens (primary N) is 1. The maximum absolute atomic E-state index is 13.2. The maximum Gasteiger partial charge on any atom is 0.262 e. The first-order valence-electron chi connectivity index (χ1n) is 9.55. The average molecular weight is 375 g/mol. The second-order valence-electron chi connectivity index (χ2n) is 7.78. The summed E-state index contributed by atoms with van der Waals surface area (Å²) >= 11 is 1.71. The van der Waals surface area contributed by atoms with E-state index in [2.05, 4.69) is 16.8 Å². The van der Waals surface area contributed by atoms with Crippen molar-refractivity contribution in [1.29, 1.82) is 0 Å². The highest BCUT2D eigenvalue weighted by atomic mass is 32.1. The van der Waals surface area contributed by atoms with E-state index in [1.165, 1.54) is 10.4 Å². The lowest BCUT2D eigenvalue weighted by molar-refractivity contribution is -0.118. The summed E-state index contributed by atoms with van der Waals surface area (Å²) in [6.45, 7) is 4.78. The van der Waals surface area contributed by atoms with Crippen LogP contribution in [0.5, 0.6) is 0 Å². The molecule has 2 aliphatic rings. The minimum absolute atomic E-state index is 0.137. The lowest BCUT2D eigenvalue weighted by Crippen LogP contribution is -2.39. The SMILES string of the molecule is C[C@@H]1CCc2c(sc3ncn(C4CCN(CCC(N)=O)CC4)c(=O)c23)C1. The third-order valence-electron chi connectivity index (χ3n) is 5.87. The lowest BCUT2D eigenvalue weighted by atomic mass is 9.89. The predicted molar refractivity (Wildman–Crippen MR) is 104 cm³/mol. The Bertz CT molecular complexity index is 880. The van der Waals surface area contributed by atoms with E-state index in [1.807, 2.05) is 4.57 Å². The quantitative estimate of drug-likeness (QED) is 0.888. The van der Waals surface area contributed by atoms with Gasteiger partial charge in [0, 0.05) is 37.0 Å². The van der Waals surface area contributed by atoms with Crippen LogP contribution >= 0.6 is 11.3 Å². The van der Waals surface area contributed by atoms with Crippen LogP contribution in [0.25, 0.3) is 10.2 Å². The van der Waals surface area contributed by atoms with Gasteiger partial charge in [-0.25, -0.2) is 4.98 Å². The van der Waals surface area contributed by atoms with Gasteiger partial charge in [0.25, 0.3) is 5.56 Å². The average Bonchev–Trinajstić information content (AvgIpc) is 2.99. The number of carbonyl (C=O) groups excluding carboxylic acids is 1. The topological polar surface area (TPSA) is 81.2 Å². The van der Waals surface area contributed by atoms with Gasteiger partial charge < -0.3 is 10.6 Å². The molecule has 0 radical (unpaired) electrons. The number of thiophene rings is 1. The van der Waals surface area contributed by atoms with Crippen LogP contribution in [0.3, 0.4) is 0 Å². The molecule has 0 spiro atoms. The Labute approximate surface area is 157 Å². The molecule has 1 fully saturated rings. The van der Waals surface area contributed by atoms with Gasteiger partial charge in [-0.05, 0) is 43.6 Å². The second kappa shape index (κ2) is 7.12. The Kier molecular flexibility index (Phi) is 4.84. The number of hydrogen-bond acceptors (Lipinski definition) is 5. The highest BCUT2D eigenvalue weighted by Crippen LogP contribution is 2.36. The minimum Gasteiger partial charge on any atom is -0.370 e. The Morgan fingerprint density at radius 1 is 1.35 bits per heavy atom. The van der Waals surface area contributed by atoms with Crippen molar-refractivity contribution < 1.29 is 4.79 Å². The zero-order valence-electron chi connectivity index (χ0n) is 15.2. The Morgan fingerprint density at radius 2 is 2.12 bits per heavy atom. The first-order valence-corrected chi connectivity index (χ1v) is 10.4.